The Bertz CT molecular complexity index is 414. The number of nitrogens with one attached hydrogen (secondary N) is 1. The van der Waals surface area contributed by atoms with Crippen LogP contribution in [0.1, 0.15) is 11.1 Å². The smallest absolute Gasteiger partial charge is 0.156 e. The molecule has 0 aliphatic carbocycles. The maximum Gasteiger partial charge on any atom is 0.156 e. The van der Waals surface area contributed by atoms with E-state index in [1.54, 1.807) is 0 Å². The minimum Gasteiger partial charge on any atom is -0.378 e. The van der Waals surface area contributed by atoms with E-state index in [0.717, 1.165) is 17.7 Å². The molecular formula is C13H16ClNO2. The molecule has 1 N–H and O–H groups in total. The van der Waals surface area contributed by atoms with E-state index >= 15 is 0 Å². The number of halogens is 1. The van der Waals surface area contributed by atoms with Crippen molar-refractivity contribution in [1.82, 2.24) is 5.32 Å². The molecule has 0 bridgehead atoms. The van der Waals surface area contributed by atoms with Gasteiger partial charge in [-0.25, -0.2) is 0 Å². The number of aryl methyl sites for hydroxylation is 1. The van der Waals surface area contributed by atoms with Gasteiger partial charge < -0.3 is 10.1 Å². The average Bonchev–Trinajstić information content (AvgIpc) is 2.34. The van der Waals surface area contributed by atoms with Crippen molar-refractivity contribution in [2.45, 2.75) is 19.4 Å². The molecule has 1 saturated heterocycles. The molecule has 4 heteroatoms. The molecule has 0 radical (unpaired) electrons. The summed E-state index contributed by atoms with van der Waals surface area (Å²) in [6, 6.07) is 5.58. The Labute approximate surface area is 106 Å². The van der Waals surface area contributed by atoms with Crippen LogP contribution in [0.2, 0.25) is 5.02 Å². The van der Waals surface area contributed by atoms with Gasteiger partial charge in [0.15, 0.2) is 5.78 Å². The molecule has 1 atom stereocenters. The molecule has 1 fully saturated rings. The fourth-order valence-electron chi connectivity index (χ4n) is 1.88. The third kappa shape index (κ3) is 3.28. The van der Waals surface area contributed by atoms with Crippen LogP contribution in [-0.2, 0) is 16.0 Å². The quantitative estimate of drug-likeness (QED) is 0.892. The van der Waals surface area contributed by atoms with E-state index in [9.17, 15) is 4.79 Å². The van der Waals surface area contributed by atoms with Crippen molar-refractivity contribution in [1.29, 1.82) is 0 Å². The van der Waals surface area contributed by atoms with E-state index in [2.05, 4.69) is 5.32 Å². The summed E-state index contributed by atoms with van der Waals surface area (Å²) in [7, 11) is 0. The van der Waals surface area contributed by atoms with Crippen molar-refractivity contribution in [2.75, 3.05) is 19.8 Å². The lowest BCUT2D eigenvalue weighted by atomic mass is 10.0. The molecule has 92 valence electrons. The van der Waals surface area contributed by atoms with Gasteiger partial charge in [0.05, 0.1) is 19.3 Å². The lowest BCUT2D eigenvalue weighted by Crippen LogP contribution is -2.47. The van der Waals surface area contributed by atoms with E-state index < -0.39 is 0 Å². The highest BCUT2D eigenvalue weighted by molar-refractivity contribution is 6.31. The lowest BCUT2D eigenvalue weighted by Gasteiger charge is -2.22. The minimum atomic E-state index is -0.193. The molecule has 1 aromatic carbocycles. The molecule has 1 aliphatic heterocycles. The van der Waals surface area contributed by atoms with Crippen LogP contribution < -0.4 is 5.32 Å². The molecule has 0 amide bonds. The fraction of sp³-hybridized carbons (Fsp3) is 0.462. The fourth-order valence-corrected chi connectivity index (χ4v) is 2.18. The Morgan fingerprint density at radius 1 is 1.59 bits per heavy atom. The molecule has 2 rings (SSSR count). The molecule has 1 unspecified atom stereocenters. The van der Waals surface area contributed by atoms with Gasteiger partial charge in [-0.3, -0.25) is 4.79 Å². The highest BCUT2D eigenvalue weighted by Crippen LogP contribution is 2.18. The number of ketones is 1. The highest BCUT2D eigenvalue weighted by atomic mass is 35.5. The molecule has 1 heterocycles. The zero-order chi connectivity index (χ0) is 12.3. The van der Waals surface area contributed by atoms with Crippen molar-refractivity contribution in [2.24, 2.45) is 0 Å². The zero-order valence-corrected chi connectivity index (χ0v) is 10.6. The average molecular weight is 254 g/mol. The predicted molar refractivity (Wildman–Crippen MR) is 67.5 cm³/mol. The Hall–Kier alpha value is -0.900. The van der Waals surface area contributed by atoms with Crippen molar-refractivity contribution in [3.05, 3.63) is 34.3 Å². The Kier molecular flexibility index (Phi) is 4.15. The van der Waals surface area contributed by atoms with Crippen molar-refractivity contribution in [3.8, 4) is 0 Å². The first kappa shape index (κ1) is 12.6. The van der Waals surface area contributed by atoms with Gasteiger partial charge in [0.2, 0.25) is 0 Å². The van der Waals surface area contributed by atoms with E-state index in [1.165, 1.54) is 0 Å². The summed E-state index contributed by atoms with van der Waals surface area (Å²) >= 11 is 6.11. The number of hydrogen-bond acceptors (Lipinski definition) is 3. The van der Waals surface area contributed by atoms with Crippen LogP contribution in [0.5, 0.6) is 0 Å². The van der Waals surface area contributed by atoms with Gasteiger partial charge in [0.25, 0.3) is 0 Å². The summed E-state index contributed by atoms with van der Waals surface area (Å²) in [5.41, 5.74) is 1.99. The zero-order valence-electron chi connectivity index (χ0n) is 9.83. The van der Waals surface area contributed by atoms with Crippen molar-refractivity contribution < 1.29 is 9.53 Å². The predicted octanol–water partition coefficient (Wildman–Crippen LogP) is 1.75. The molecule has 1 aromatic rings. The number of carbonyl (C=O) groups is 1. The van der Waals surface area contributed by atoms with Gasteiger partial charge >= 0.3 is 0 Å². The number of rotatable bonds is 3. The third-order valence-corrected chi connectivity index (χ3v) is 3.24. The second-order valence-corrected chi connectivity index (χ2v) is 4.73. The molecule has 17 heavy (non-hydrogen) atoms. The topological polar surface area (TPSA) is 38.3 Å². The second kappa shape index (κ2) is 5.63. The summed E-state index contributed by atoms with van der Waals surface area (Å²) < 4.78 is 5.27. The summed E-state index contributed by atoms with van der Waals surface area (Å²) in [6.45, 7) is 3.85. The standard InChI is InChI=1S/C13H16ClNO2/c1-9-2-3-10(11(14)6-9)7-13(16)12-8-17-5-4-15-12/h2-3,6,12,15H,4-5,7-8H2,1H3. The van der Waals surface area contributed by atoms with Crippen LogP contribution in [0.4, 0.5) is 0 Å². The molecule has 0 saturated carbocycles. The van der Waals surface area contributed by atoms with E-state index in [0.29, 0.717) is 24.7 Å². The van der Waals surface area contributed by atoms with Gasteiger partial charge in [-0.15, -0.1) is 0 Å². The van der Waals surface area contributed by atoms with Crippen LogP contribution in [0.25, 0.3) is 0 Å². The number of morpholine rings is 1. The number of ether oxygens (including phenoxy) is 1. The number of benzene rings is 1. The molecule has 0 aromatic heterocycles. The second-order valence-electron chi connectivity index (χ2n) is 4.32. The SMILES string of the molecule is Cc1ccc(CC(=O)C2COCCN2)c(Cl)c1. The lowest BCUT2D eigenvalue weighted by molar-refractivity contribution is -0.123. The molecule has 3 nitrogen and oxygen atoms in total. The molecule has 0 spiro atoms. The minimum absolute atomic E-state index is 0.135. The summed E-state index contributed by atoms with van der Waals surface area (Å²) in [5.74, 6) is 0.135. The van der Waals surface area contributed by atoms with Gasteiger partial charge in [-0.05, 0) is 24.1 Å². The van der Waals surface area contributed by atoms with Crippen LogP contribution in [0.15, 0.2) is 18.2 Å². The van der Waals surface area contributed by atoms with Crippen LogP contribution >= 0.6 is 11.6 Å². The third-order valence-electron chi connectivity index (χ3n) is 2.88. The Balaban J connectivity index is 2.02. The monoisotopic (exact) mass is 253 g/mol. The summed E-state index contributed by atoms with van der Waals surface area (Å²) in [4.78, 5) is 12.0. The van der Waals surface area contributed by atoms with Crippen LogP contribution in [-0.4, -0.2) is 31.6 Å². The first-order chi connectivity index (χ1) is 8.16. The maximum atomic E-state index is 12.0. The van der Waals surface area contributed by atoms with Crippen LogP contribution in [0, 0.1) is 6.92 Å². The summed E-state index contributed by atoms with van der Waals surface area (Å²) in [5, 5.41) is 3.81. The number of Topliss-reactive ketones (excluding diaryl/α,β-unsaturated/α-hetero) is 1. The number of carbonyl (C=O) groups excluding carboxylic acids is 1. The molecule has 1 aliphatic rings. The van der Waals surface area contributed by atoms with E-state index in [1.807, 2.05) is 25.1 Å². The first-order valence-corrected chi connectivity index (χ1v) is 6.13. The van der Waals surface area contributed by atoms with E-state index in [-0.39, 0.29) is 11.8 Å². The first-order valence-electron chi connectivity index (χ1n) is 5.75. The van der Waals surface area contributed by atoms with Crippen molar-refractivity contribution in [3.63, 3.8) is 0 Å². The van der Waals surface area contributed by atoms with Gasteiger partial charge in [-0.1, -0.05) is 23.7 Å². The summed E-state index contributed by atoms with van der Waals surface area (Å²) in [6.07, 6.45) is 0.361. The maximum absolute atomic E-state index is 12.0. The normalized spacial score (nSPS) is 20.2. The van der Waals surface area contributed by atoms with Crippen LogP contribution in [0.3, 0.4) is 0 Å². The molecular weight excluding hydrogens is 238 g/mol. The largest absolute Gasteiger partial charge is 0.378 e. The van der Waals surface area contributed by atoms with Crippen molar-refractivity contribution >= 4 is 17.4 Å². The van der Waals surface area contributed by atoms with E-state index in [4.69, 9.17) is 16.3 Å². The van der Waals surface area contributed by atoms with Gasteiger partial charge in [0.1, 0.15) is 0 Å². The highest BCUT2D eigenvalue weighted by Gasteiger charge is 2.21. The Morgan fingerprint density at radius 2 is 2.41 bits per heavy atom. The Morgan fingerprint density at radius 3 is 3.06 bits per heavy atom. The van der Waals surface area contributed by atoms with Gasteiger partial charge in [-0.2, -0.15) is 0 Å². The van der Waals surface area contributed by atoms with Gasteiger partial charge in [0, 0.05) is 18.0 Å². The number of hydrogen-bond donors (Lipinski definition) is 1.